The molecule has 100 valence electrons. The van der Waals surface area contributed by atoms with E-state index in [0.29, 0.717) is 23.0 Å². The van der Waals surface area contributed by atoms with E-state index in [9.17, 15) is 4.79 Å². The summed E-state index contributed by atoms with van der Waals surface area (Å²) in [5.74, 6) is -0.155. The summed E-state index contributed by atoms with van der Waals surface area (Å²) in [4.78, 5) is 14.5. The summed E-state index contributed by atoms with van der Waals surface area (Å²) in [7, 11) is 1.56. The molecule has 5 nitrogen and oxygen atoms in total. The fraction of sp³-hybridized carbons (Fsp3) is 0.286. The van der Waals surface area contributed by atoms with Crippen LogP contribution in [0.2, 0.25) is 0 Å². The van der Waals surface area contributed by atoms with Crippen molar-refractivity contribution in [3.63, 3.8) is 0 Å². The van der Waals surface area contributed by atoms with Crippen molar-refractivity contribution >= 4 is 5.97 Å². The van der Waals surface area contributed by atoms with E-state index in [0.717, 1.165) is 5.56 Å². The van der Waals surface area contributed by atoms with Crippen LogP contribution in [-0.2, 0) is 0 Å². The molecule has 1 N–H and O–H groups in total. The molecule has 5 heteroatoms. The first kappa shape index (κ1) is 13.1. The number of rotatable bonds is 4. The van der Waals surface area contributed by atoms with Crippen molar-refractivity contribution in [1.29, 1.82) is 0 Å². The van der Waals surface area contributed by atoms with Crippen LogP contribution in [0.25, 0.3) is 11.3 Å². The molecule has 0 spiro atoms. The third-order valence-electron chi connectivity index (χ3n) is 2.84. The molecule has 1 aromatic heterocycles. The second-order valence-corrected chi connectivity index (χ2v) is 4.45. The molecule has 0 aliphatic rings. The first-order valence-electron chi connectivity index (χ1n) is 5.90. The number of benzene rings is 1. The highest BCUT2D eigenvalue weighted by atomic mass is 16.5. The molecular weight excluding hydrogens is 246 g/mol. The van der Waals surface area contributed by atoms with Gasteiger partial charge in [-0.3, -0.25) is 0 Å². The number of ether oxygens (including phenoxy) is 1. The summed E-state index contributed by atoms with van der Waals surface area (Å²) in [6.45, 7) is 4.16. The number of carboxylic acids is 1. The Labute approximate surface area is 110 Å². The number of methoxy groups -OCH3 is 1. The highest BCUT2D eigenvalue weighted by Crippen LogP contribution is 2.33. The minimum absolute atomic E-state index is 0.327. The zero-order chi connectivity index (χ0) is 14.0. The van der Waals surface area contributed by atoms with E-state index in [2.05, 4.69) is 18.8 Å². The number of carboxylic acid groups (broad SMARTS) is 1. The van der Waals surface area contributed by atoms with E-state index in [1.54, 1.807) is 7.11 Å². The van der Waals surface area contributed by atoms with Gasteiger partial charge in [-0.2, -0.15) is 0 Å². The first-order valence-corrected chi connectivity index (χ1v) is 5.90. The second-order valence-electron chi connectivity index (χ2n) is 4.45. The van der Waals surface area contributed by atoms with Gasteiger partial charge in [0.1, 0.15) is 5.75 Å². The van der Waals surface area contributed by atoms with E-state index >= 15 is 0 Å². The zero-order valence-corrected chi connectivity index (χ0v) is 11.0. The van der Waals surface area contributed by atoms with Gasteiger partial charge >= 0.3 is 11.9 Å². The summed E-state index contributed by atoms with van der Waals surface area (Å²) < 4.78 is 10.5. The minimum atomic E-state index is -1.19. The smallest absolute Gasteiger partial charge is 0.392 e. The van der Waals surface area contributed by atoms with E-state index in [1.165, 1.54) is 6.20 Å². The normalized spacial score (nSPS) is 10.7. The van der Waals surface area contributed by atoms with Gasteiger partial charge in [-0.05, 0) is 23.6 Å². The molecule has 1 aromatic carbocycles. The Morgan fingerprint density at radius 3 is 2.68 bits per heavy atom. The highest BCUT2D eigenvalue weighted by molar-refractivity contribution is 5.83. The molecule has 2 aromatic rings. The monoisotopic (exact) mass is 261 g/mol. The Morgan fingerprint density at radius 2 is 2.16 bits per heavy atom. The van der Waals surface area contributed by atoms with Gasteiger partial charge in [0.2, 0.25) is 0 Å². The van der Waals surface area contributed by atoms with Gasteiger partial charge in [0.25, 0.3) is 0 Å². The topological polar surface area (TPSA) is 72.6 Å². The molecule has 0 aliphatic heterocycles. The van der Waals surface area contributed by atoms with Crippen molar-refractivity contribution < 1.29 is 19.1 Å². The average molecular weight is 261 g/mol. The van der Waals surface area contributed by atoms with Gasteiger partial charge in [-0.15, -0.1) is 0 Å². The standard InChI is InChI=1S/C14H15NO4/c1-8(2)9-4-5-11(18-3)10(6-9)12-7-15-13(19-12)14(16)17/h4-8H,1-3H3,(H,16,17). The maximum Gasteiger partial charge on any atom is 0.392 e. The zero-order valence-electron chi connectivity index (χ0n) is 11.0. The van der Waals surface area contributed by atoms with Gasteiger partial charge in [0.15, 0.2) is 5.76 Å². The third kappa shape index (κ3) is 2.59. The first-order chi connectivity index (χ1) is 9.02. The lowest BCUT2D eigenvalue weighted by Gasteiger charge is -2.10. The highest BCUT2D eigenvalue weighted by Gasteiger charge is 2.16. The molecular formula is C14H15NO4. The number of hydrogen-bond acceptors (Lipinski definition) is 4. The number of nitrogens with zero attached hydrogens (tertiary/aromatic N) is 1. The van der Waals surface area contributed by atoms with Crippen LogP contribution in [0.1, 0.15) is 36.0 Å². The fourth-order valence-corrected chi connectivity index (χ4v) is 1.77. The van der Waals surface area contributed by atoms with Crippen LogP contribution in [0.5, 0.6) is 5.75 Å². The average Bonchev–Trinajstić information content (AvgIpc) is 2.87. The molecule has 0 radical (unpaired) electrons. The molecule has 2 rings (SSSR count). The van der Waals surface area contributed by atoms with E-state index in [1.807, 2.05) is 18.2 Å². The molecule has 0 bridgehead atoms. The van der Waals surface area contributed by atoms with Crippen LogP contribution in [-0.4, -0.2) is 23.2 Å². The molecule has 0 atom stereocenters. The van der Waals surface area contributed by atoms with Crippen molar-refractivity contribution in [3.8, 4) is 17.1 Å². The minimum Gasteiger partial charge on any atom is -0.496 e. The lowest BCUT2D eigenvalue weighted by Crippen LogP contribution is -1.95. The maximum absolute atomic E-state index is 10.8. The predicted molar refractivity (Wildman–Crippen MR) is 69.5 cm³/mol. The van der Waals surface area contributed by atoms with Gasteiger partial charge in [-0.25, -0.2) is 9.78 Å². The molecule has 19 heavy (non-hydrogen) atoms. The lowest BCUT2D eigenvalue weighted by molar-refractivity contribution is 0.0654. The van der Waals surface area contributed by atoms with Crippen LogP contribution < -0.4 is 4.74 Å². The molecule has 0 fully saturated rings. The molecule has 0 saturated heterocycles. The fourth-order valence-electron chi connectivity index (χ4n) is 1.77. The van der Waals surface area contributed by atoms with Crippen LogP contribution in [0.15, 0.2) is 28.8 Å². The van der Waals surface area contributed by atoms with Gasteiger partial charge in [0.05, 0.1) is 18.9 Å². The van der Waals surface area contributed by atoms with Crippen LogP contribution in [0.3, 0.4) is 0 Å². The van der Waals surface area contributed by atoms with Crippen molar-refractivity contribution in [3.05, 3.63) is 35.9 Å². The number of hydrogen-bond donors (Lipinski definition) is 1. The van der Waals surface area contributed by atoms with Crippen LogP contribution in [0, 0.1) is 0 Å². The van der Waals surface area contributed by atoms with Crippen molar-refractivity contribution in [2.45, 2.75) is 19.8 Å². The molecule has 0 saturated carbocycles. The number of oxazole rings is 1. The van der Waals surface area contributed by atoms with Gasteiger partial charge in [-0.1, -0.05) is 19.9 Å². The van der Waals surface area contributed by atoms with Crippen LogP contribution >= 0.6 is 0 Å². The Balaban J connectivity index is 2.51. The van der Waals surface area contributed by atoms with E-state index < -0.39 is 5.97 Å². The van der Waals surface area contributed by atoms with E-state index in [-0.39, 0.29) is 5.89 Å². The Bertz CT molecular complexity index is 601. The van der Waals surface area contributed by atoms with Crippen LogP contribution in [0.4, 0.5) is 0 Å². The summed E-state index contributed by atoms with van der Waals surface area (Å²) in [5.41, 5.74) is 1.82. The Morgan fingerprint density at radius 1 is 1.42 bits per heavy atom. The predicted octanol–water partition coefficient (Wildman–Crippen LogP) is 3.17. The Kier molecular flexibility index (Phi) is 3.55. The van der Waals surface area contributed by atoms with Crippen molar-refractivity contribution in [2.24, 2.45) is 0 Å². The van der Waals surface area contributed by atoms with Gasteiger partial charge < -0.3 is 14.3 Å². The number of aromatic carboxylic acids is 1. The van der Waals surface area contributed by atoms with Crippen molar-refractivity contribution in [1.82, 2.24) is 4.98 Å². The molecule has 0 amide bonds. The summed E-state index contributed by atoms with van der Waals surface area (Å²) in [6.07, 6.45) is 1.39. The summed E-state index contributed by atoms with van der Waals surface area (Å²) in [6, 6.07) is 5.74. The maximum atomic E-state index is 10.8. The Hall–Kier alpha value is -2.30. The van der Waals surface area contributed by atoms with Gasteiger partial charge in [0, 0.05) is 0 Å². The third-order valence-corrected chi connectivity index (χ3v) is 2.84. The SMILES string of the molecule is COc1ccc(C(C)C)cc1-c1cnc(C(=O)O)o1. The lowest BCUT2D eigenvalue weighted by atomic mass is 9.99. The number of carbonyl (C=O) groups is 1. The largest absolute Gasteiger partial charge is 0.496 e. The van der Waals surface area contributed by atoms with E-state index in [4.69, 9.17) is 14.3 Å². The summed E-state index contributed by atoms with van der Waals surface area (Å²) >= 11 is 0. The van der Waals surface area contributed by atoms with Crippen molar-refractivity contribution in [2.75, 3.05) is 7.11 Å². The molecule has 1 heterocycles. The quantitative estimate of drug-likeness (QED) is 0.915. The molecule has 0 unspecified atom stereocenters. The molecule has 0 aliphatic carbocycles. The number of aromatic nitrogens is 1. The second kappa shape index (κ2) is 5.14. The summed E-state index contributed by atoms with van der Waals surface area (Å²) in [5, 5.41) is 8.83.